The zero-order chi connectivity index (χ0) is 10.4. The number of rotatable bonds is 3. The van der Waals surface area contributed by atoms with Gasteiger partial charge in [-0.15, -0.1) is 0 Å². The highest BCUT2D eigenvalue weighted by atomic mass is 16.5. The summed E-state index contributed by atoms with van der Waals surface area (Å²) in [6.07, 6.45) is 1.73. The van der Waals surface area contributed by atoms with Gasteiger partial charge in [0.05, 0.1) is 7.11 Å². The lowest BCUT2D eigenvalue weighted by Gasteiger charge is -2.04. The van der Waals surface area contributed by atoms with Gasteiger partial charge in [0.15, 0.2) is 5.96 Å². The molecule has 0 unspecified atom stereocenters. The van der Waals surface area contributed by atoms with E-state index in [2.05, 4.69) is 15.3 Å². The predicted octanol–water partition coefficient (Wildman–Crippen LogP) is 0.124. The Labute approximate surface area is 83.0 Å². The Bertz CT molecular complexity index is 307. The molecule has 14 heavy (non-hydrogen) atoms. The summed E-state index contributed by atoms with van der Waals surface area (Å²) in [5, 5.41) is 2.93. The van der Waals surface area contributed by atoms with Gasteiger partial charge in [0.1, 0.15) is 0 Å². The number of aromatic nitrogens is 1. The lowest BCUT2D eigenvalue weighted by Crippen LogP contribution is -2.30. The maximum atomic E-state index is 5.47. The molecule has 0 amide bonds. The van der Waals surface area contributed by atoms with Crippen molar-refractivity contribution in [2.75, 3.05) is 14.2 Å². The predicted molar refractivity (Wildman–Crippen MR) is 55.2 cm³/mol. The van der Waals surface area contributed by atoms with Crippen LogP contribution in [0, 0.1) is 0 Å². The molecule has 0 radical (unpaired) electrons. The average molecular weight is 194 g/mol. The first kappa shape index (κ1) is 10.3. The summed E-state index contributed by atoms with van der Waals surface area (Å²) in [6.45, 7) is 0.611. The van der Waals surface area contributed by atoms with Gasteiger partial charge in [0.25, 0.3) is 0 Å². The second-order valence-electron chi connectivity index (χ2n) is 2.67. The highest BCUT2D eigenvalue weighted by Crippen LogP contribution is 2.05. The van der Waals surface area contributed by atoms with Gasteiger partial charge in [0.2, 0.25) is 5.88 Å². The Morgan fingerprint density at radius 1 is 1.64 bits per heavy atom. The third kappa shape index (κ3) is 2.93. The summed E-state index contributed by atoms with van der Waals surface area (Å²) in [5.74, 6) is 1.02. The summed E-state index contributed by atoms with van der Waals surface area (Å²) in [4.78, 5) is 7.83. The van der Waals surface area contributed by atoms with E-state index in [1.807, 2.05) is 6.07 Å². The van der Waals surface area contributed by atoms with Crippen molar-refractivity contribution in [3.8, 4) is 5.88 Å². The highest BCUT2D eigenvalue weighted by molar-refractivity contribution is 5.77. The number of pyridine rings is 1. The summed E-state index contributed by atoms with van der Waals surface area (Å²) >= 11 is 0. The quantitative estimate of drug-likeness (QED) is 0.529. The van der Waals surface area contributed by atoms with Gasteiger partial charge in [-0.05, 0) is 5.56 Å². The molecule has 1 rings (SSSR count). The first-order chi connectivity index (χ1) is 6.76. The number of nitrogens with one attached hydrogen (secondary N) is 1. The Kier molecular flexibility index (Phi) is 3.72. The molecule has 0 bridgehead atoms. The first-order valence-corrected chi connectivity index (χ1v) is 4.21. The lowest BCUT2D eigenvalue weighted by atomic mass is 10.3. The smallest absolute Gasteiger partial charge is 0.212 e. The van der Waals surface area contributed by atoms with Gasteiger partial charge < -0.3 is 15.8 Å². The van der Waals surface area contributed by atoms with Crippen LogP contribution in [0.2, 0.25) is 0 Å². The van der Waals surface area contributed by atoms with E-state index in [-0.39, 0.29) is 0 Å². The number of guanidine groups is 1. The number of ether oxygens (including phenoxy) is 1. The van der Waals surface area contributed by atoms with E-state index < -0.39 is 0 Å². The van der Waals surface area contributed by atoms with Crippen molar-refractivity contribution in [2.24, 2.45) is 10.7 Å². The van der Waals surface area contributed by atoms with Crippen LogP contribution < -0.4 is 15.8 Å². The molecule has 0 saturated carbocycles. The fourth-order valence-electron chi connectivity index (χ4n) is 0.908. The number of hydrogen-bond donors (Lipinski definition) is 2. The second-order valence-corrected chi connectivity index (χ2v) is 2.67. The van der Waals surface area contributed by atoms with Crippen LogP contribution >= 0.6 is 0 Å². The number of aliphatic imine (C=N–C) groups is 1. The van der Waals surface area contributed by atoms with Gasteiger partial charge >= 0.3 is 0 Å². The van der Waals surface area contributed by atoms with Crippen LogP contribution in [0.1, 0.15) is 5.56 Å². The minimum atomic E-state index is 0.417. The van der Waals surface area contributed by atoms with Crippen molar-refractivity contribution in [3.63, 3.8) is 0 Å². The monoisotopic (exact) mass is 194 g/mol. The third-order valence-electron chi connectivity index (χ3n) is 1.72. The number of hydrogen-bond acceptors (Lipinski definition) is 3. The normalized spacial score (nSPS) is 11.1. The maximum Gasteiger partial charge on any atom is 0.212 e. The standard InChI is InChI=1S/C9H14N4O/c1-11-9(10)13-6-7-3-4-8(14-2)12-5-7/h3-5H,6H2,1-2H3,(H3,10,11,13). The minimum Gasteiger partial charge on any atom is -0.481 e. The molecule has 0 aliphatic carbocycles. The van der Waals surface area contributed by atoms with Crippen molar-refractivity contribution in [3.05, 3.63) is 23.9 Å². The molecular weight excluding hydrogens is 180 g/mol. The molecule has 76 valence electrons. The SMILES string of the molecule is CN=C(N)NCc1ccc(OC)nc1. The van der Waals surface area contributed by atoms with Crippen LogP contribution in [0.5, 0.6) is 5.88 Å². The van der Waals surface area contributed by atoms with Crippen molar-refractivity contribution in [1.29, 1.82) is 0 Å². The van der Waals surface area contributed by atoms with E-state index in [1.54, 1.807) is 26.4 Å². The molecule has 1 heterocycles. The third-order valence-corrected chi connectivity index (χ3v) is 1.72. The van der Waals surface area contributed by atoms with E-state index in [4.69, 9.17) is 10.5 Å². The van der Waals surface area contributed by atoms with Gasteiger partial charge in [-0.2, -0.15) is 0 Å². The molecule has 1 aromatic rings. The molecule has 0 aromatic carbocycles. The number of nitrogens with two attached hydrogens (primary N) is 1. The van der Waals surface area contributed by atoms with Crippen LogP contribution in [0.4, 0.5) is 0 Å². The van der Waals surface area contributed by atoms with E-state index in [0.29, 0.717) is 18.4 Å². The average Bonchev–Trinajstić information content (AvgIpc) is 2.26. The molecule has 0 fully saturated rings. The van der Waals surface area contributed by atoms with E-state index in [0.717, 1.165) is 5.56 Å². The minimum absolute atomic E-state index is 0.417. The maximum absolute atomic E-state index is 5.47. The zero-order valence-corrected chi connectivity index (χ0v) is 8.32. The molecule has 5 heteroatoms. The molecule has 0 spiro atoms. The molecule has 5 nitrogen and oxygen atoms in total. The van der Waals surface area contributed by atoms with Crippen LogP contribution in [0.3, 0.4) is 0 Å². The van der Waals surface area contributed by atoms with Crippen molar-refractivity contribution in [1.82, 2.24) is 10.3 Å². The summed E-state index contributed by atoms with van der Waals surface area (Å²) in [6, 6.07) is 3.72. The van der Waals surface area contributed by atoms with Gasteiger partial charge in [0, 0.05) is 25.9 Å². The summed E-state index contributed by atoms with van der Waals surface area (Å²) in [5.41, 5.74) is 6.50. The van der Waals surface area contributed by atoms with Crippen LogP contribution in [-0.2, 0) is 6.54 Å². The molecule has 0 atom stereocenters. The topological polar surface area (TPSA) is 72.5 Å². The van der Waals surface area contributed by atoms with Crippen LogP contribution in [0.25, 0.3) is 0 Å². The van der Waals surface area contributed by atoms with Crippen LogP contribution in [-0.4, -0.2) is 25.1 Å². The van der Waals surface area contributed by atoms with Crippen molar-refractivity contribution in [2.45, 2.75) is 6.54 Å². The lowest BCUT2D eigenvalue weighted by molar-refractivity contribution is 0.397. The molecule has 1 aromatic heterocycles. The molecular formula is C9H14N4O. The van der Waals surface area contributed by atoms with Gasteiger partial charge in [-0.3, -0.25) is 4.99 Å². The number of methoxy groups -OCH3 is 1. The Morgan fingerprint density at radius 2 is 2.43 bits per heavy atom. The fraction of sp³-hybridized carbons (Fsp3) is 0.333. The van der Waals surface area contributed by atoms with Crippen molar-refractivity contribution >= 4 is 5.96 Å². The van der Waals surface area contributed by atoms with Gasteiger partial charge in [-0.1, -0.05) is 6.07 Å². The largest absolute Gasteiger partial charge is 0.481 e. The molecule has 0 saturated heterocycles. The number of nitrogens with zero attached hydrogens (tertiary/aromatic N) is 2. The van der Waals surface area contributed by atoms with Crippen LogP contribution in [0.15, 0.2) is 23.3 Å². The van der Waals surface area contributed by atoms with E-state index >= 15 is 0 Å². The highest BCUT2D eigenvalue weighted by Gasteiger charge is 1.95. The summed E-state index contributed by atoms with van der Waals surface area (Å²) < 4.78 is 4.94. The fourth-order valence-corrected chi connectivity index (χ4v) is 0.908. The molecule has 0 aliphatic rings. The molecule has 0 aliphatic heterocycles. The Hall–Kier alpha value is -1.78. The second kappa shape index (κ2) is 5.06. The zero-order valence-electron chi connectivity index (χ0n) is 8.32. The molecule has 3 N–H and O–H groups in total. The summed E-state index contributed by atoms with van der Waals surface area (Å²) in [7, 11) is 3.22. The van der Waals surface area contributed by atoms with Crippen molar-refractivity contribution < 1.29 is 4.74 Å². The van der Waals surface area contributed by atoms with E-state index in [9.17, 15) is 0 Å². The van der Waals surface area contributed by atoms with Gasteiger partial charge in [-0.25, -0.2) is 4.98 Å². The Morgan fingerprint density at radius 3 is 2.93 bits per heavy atom. The van der Waals surface area contributed by atoms with E-state index in [1.165, 1.54) is 0 Å². The Balaban J connectivity index is 2.52. The first-order valence-electron chi connectivity index (χ1n) is 4.21.